The van der Waals surface area contributed by atoms with Crippen molar-refractivity contribution in [3.63, 3.8) is 0 Å². The number of benzene rings is 1. The van der Waals surface area contributed by atoms with Crippen molar-refractivity contribution in [3.8, 4) is 0 Å². The van der Waals surface area contributed by atoms with Crippen molar-refractivity contribution in [2.45, 2.75) is 12.5 Å². The summed E-state index contributed by atoms with van der Waals surface area (Å²) in [7, 11) is 0. The van der Waals surface area contributed by atoms with Gasteiger partial charge in [0.15, 0.2) is 0 Å². The lowest BCUT2D eigenvalue weighted by atomic mass is 9.92. The summed E-state index contributed by atoms with van der Waals surface area (Å²) in [4.78, 5) is 14.3. The largest absolute Gasteiger partial charge is 0.333 e. The molecule has 2 aliphatic heterocycles. The van der Waals surface area contributed by atoms with Gasteiger partial charge in [-0.3, -0.25) is 4.79 Å². The maximum Gasteiger partial charge on any atom is 0.256 e. The summed E-state index contributed by atoms with van der Waals surface area (Å²) in [5.41, 5.74) is 1.60. The number of carbonyl (C=O) groups excluding carboxylic acids is 1. The monoisotopic (exact) mass is 270 g/mol. The molecule has 3 rings (SSSR count). The molecule has 0 spiro atoms. The lowest BCUT2D eigenvalue weighted by Crippen LogP contribution is -2.56. The molecule has 5 heteroatoms. The highest BCUT2D eigenvalue weighted by atomic mass is 35.5. The second kappa shape index (κ2) is 4.16. The van der Waals surface area contributed by atoms with Crippen LogP contribution < -0.4 is 5.32 Å². The maximum absolute atomic E-state index is 12.4. The Bertz CT molecular complexity index is 490. The Kier molecular flexibility index (Phi) is 2.77. The van der Waals surface area contributed by atoms with E-state index >= 15 is 0 Å². The Balaban J connectivity index is 2.10. The minimum atomic E-state index is 0.0188. The molecule has 0 aliphatic carbocycles. The Labute approximate surface area is 110 Å². The van der Waals surface area contributed by atoms with E-state index in [1.54, 1.807) is 6.07 Å². The Morgan fingerprint density at radius 2 is 2.18 bits per heavy atom. The second-order valence-corrected chi connectivity index (χ2v) is 5.24. The molecule has 1 unspecified atom stereocenters. The van der Waals surface area contributed by atoms with E-state index in [1.807, 2.05) is 11.0 Å². The standard InChI is InChI=1S/C12H12Cl2N2O/c13-9-2-1-7-5-8-6-15-3-4-16(8)12(17)10(7)11(9)14/h1-2,8,15H,3-6H2. The third-order valence-corrected chi connectivity index (χ3v) is 4.27. The summed E-state index contributed by atoms with van der Waals surface area (Å²) in [6, 6.07) is 3.93. The quantitative estimate of drug-likeness (QED) is 0.782. The van der Waals surface area contributed by atoms with Gasteiger partial charge in [-0.05, 0) is 18.1 Å². The molecule has 90 valence electrons. The topological polar surface area (TPSA) is 32.3 Å². The van der Waals surface area contributed by atoms with E-state index in [0.717, 1.165) is 31.6 Å². The SMILES string of the molecule is O=C1c2c(ccc(Cl)c2Cl)CC2CNCCN12. The van der Waals surface area contributed by atoms with Gasteiger partial charge in [0.1, 0.15) is 0 Å². The predicted molar refractivity (Wildman–Crippen MR) is 67.9 cm³/mol. The van der Waals surface area contributed by atoms with Crippen LogP contribution in [0.4, 0.5) is 0 Å². The van der Waals surface area contributed by atoms with Crippen LogP contribution in [-0.2, 0) is 6.42 Å². The molecule has 1 N–H and O–H groups in total. The first kappa shape index (κ1) is 11.3. The molecule has 1 atom stereocenters. The fourth-order valence-corrected chi connectivity index (χ4v) is 3.02. The molecular weight excluding hydrogens is 259 g/mol. The number of carbonyl (C=O) groups is 1. The summed E-state index contributed by atoms with van der Waals surface area (Å²) in [5, 5.41) is 4.15. The van der Waals surface area contributed by atoms with Crippen molar-refractivity contribution in [3.05, 3.63) is 33.3 Å². The minimum absolute atomic E-state index is 0.0188. The maximum atomic E-state index is 12.4. The number of piperazine rings is 1. The van der Waals surface area contributed by atoms with Crippen molar-refractivity contribution in [2.75, 3.05) is 19.6 Å². The third-order valence-electron chi connectivity index (χ3n) is 3.46. The lowest BCUT2D eigenvalue weighted by Gasteiger charge is -2.40. The number of halogens is 2. The molecule has 1 amide bonds. The molecule has 1 aromatic carbocycles. The smallest absolute Gasteiger partial charge is 0.256 e. The van der Waals surface area contributed by atoms with E-state index in [-0.39, 0.29) is 11.9 Å². The molecule has 0 radical (unpaired) electrons. The average Bonchev–Trinajstić information content (AvgIpc) is 2.34. The van der Waals surface area contributed by atoms with Crippen LogP contribution >= 0.6 is 23.2 Å². The molecule has 1 saturated heterocycles. The van der Waals surface area contributed by atoms with E-state index < -0.39 is 0 Å². The molecule has 0 saturated carbocycles. The Morgan fingerprint density at radius 1 is 1.35 bits per heavy atom. The molecular formula is C12H12Cl2N2O. The third kappa shape index (κ3) is 1.73. The molecule has 17 heavy (non-hydrogen) atoms. The highest BCUT2D eigenvalue weighted by Crippen LogP contribution is 2.34. The Hall–Kier alpha value is -0.770. The lowest BCUT2D eigenvalue weighted by molar-refractivity contribution is 0.0607. The fourth-order valence-electron chi connectivity index (χ4n) is 2.60. The number of hydrogen-bond acceptors (Lipinski definition) is 2. The van der Waals surface area contributed by atoms with Gasteiger partial charge in [-0.25, -0.2) is 0 Å². The normalized spacial score (nSPS) is 23.3. The predicted octanol–water partition coefficient (Wildman–Crippen LogP) is 1.96. The molecule has 0 aromatic heterocycles. The van der Waals surface area contributed by atoms with Crippen molar-refractivity contribution in [2.24, 2.45) is 0 Å². The van der Waals surface area contributed by atoms with Crippen LogP contribution in [0.25, 0.3) is 0 Å². The summed E-state index contributed by atoms with van der Waals surface area (Å²) >= 11 is 12.1. The van der Waals surface area contributed by atoms with Crippen molar-refractivity contribution in [1.29, 1.82) is 0 Å². The van der Waals surface area contributed by atoms with Crippen LogP contribution in [0.3, 0.4) is 0 Å². The number of rotatable bonds is 0. The fraction of sp³-hybridized carbons (Fsp3) is 0.417. The summed E-state index contributed by atoms with van der Waals surface area (Å²) in [6.07, 6.45) is 0.852. The van der Waals surface area contributed by atoms with Gasteiger partial charge >= 0.3 is 0 Å². The van der Waals surface area contributed by atoms with Gasteiger partial charge in [-0.2, -0.15) is 0 Å². The summed E-state index contributed by atoms with van der Waals surface area (Å²) in [5.74, 6) is 0.0188. The van der Waals surface area contributed by atoms with Gasteiger partial charge in [0.25, 0.3) is 5.91 Å². The zero-order chi connectivity index (χ0) is 12.0. The second-order valence-electron chi connectivity index (χ2n) is 4.46. The van der Waals surface area contributed by atoms with E-state index in [4.69, 9.17) is 23.2 Å². The number of hydrogen-bond donors (Lipinski definition) is 1. The molecule has 1 fully saturated rings. The van der Waals surface area contributed by atoms with Gasteiger partial charge in [0.2, 0.25) is 0 Å². The van der Waals surface area contributed by atoms with E-state index in [2.05, 4.69) is 5.32 Å². The van der Waals surface area contributed by atoms with Crippen molar-refractivity contribution in [1.82, 2.24) is 10.2 Å². The van der Waals surface area contributed by atoms with E-state index in [1.165, 1.54) is 0 Å². The van der Waals surface area contributed by atoms with E-state index in [9.17, 15) is 4.79 Å². The molecule has 1 aromatic rings. The number of nitrogens with one attached hydrogen (secondary N) is 1. The molecule has 2 heterocycles. The van der Waals surface area contributed by atoms with Crippen LogP contribution in [0.5, 0.6) is 0 Å². The van der Waals surface area contributed by atoms with E-state index in [0.29, 0.717) is 15.6 Å². The number of nitrogens with zero attached hydrogens (tertiary/aromatic N) is 1. The molecule has 0 bridgehead atoms. The number of amides is 1. The first-order valence-electron chi connectivity index (χ1n) is 5.67. The first-order valence-corrected chi connectivity index (χ1v) is 6.42. The van der Waals surface area contributed by atoms with Crippen LogP contribution in [0, 0.1) is 0 Å². The zero-order valence-electron chi connectivity index (χ0n) is 9.17. The van der Waals surface area contributed by atoms with Gasteiger partial charge < -0.3 is 10.2 Å². The van der Waals surface area contributed by atoms with Crippen LogP contribution in [0.2, 0.25) is 10.0 Å². The molecule has 2 aliphatic rings. The Morgan fingerprint density at radius 3 is 3.00 bits per heavy atom. The van der Waals surface area contributed by atoms with Gasteiger partial charge in [0, 0.05) is 25.7 Å². The van der Waals surface area contributed by atoms with Gasteiger partial charge in [0.05, 0.1) is 15.6 Å². The highest BCUT2D eigenvalue weighted by molar-refractivity contribution is 6.44. The molecule has 3 nitrogen and oxygen atoms in total. The summed E-state index contributed by atoms with van der Waals surface area (Å²) in [6.45, 7) is 2.44. The van der Waals surface area contributed by atoms with Gasteiger partial charge in [-0.1, -0.05) is 29.3 Å². The average molecular weight is 271 g/mol. The van der Waals surface area contributed by atoms with Crippen molar-refractivity contribution < 1.29 is 4.79 Å². The van der Waals surface area contributed by atoms with Crippen molar-refractivity contribution >= 4 is 29.1 Å². The zero-order valence-corrected chi connectivity index (χ0v) is 10.7. The van der Waals surface area contributed by atoms with Crippen LogP contribution in [0.15, 0.2) is 12.1 Å². The number of fused-ring (bicyclic) bond motifs is 2. The highest BCUT2D eigenvalue weighted by Gasteiger charge is 2.35. The first-order chi connectivity index (χ1) is 8.18. The minimum Gasteiger partial charge on any atom is -0.333 e. The summed E-state index contributed by atoms with van der Waals surface area (Å²) < 4.78 is 0. The van der Waals surface area contributed by atoms with Crippen LogP contribution in [0.1, 0.15) is 15.9 Å². The van der Waals surface area contributed by atoms with Crippen LogP contribution in [-0.4, -0.2) is 36.5 Å². The van der Waals surface area contributed by atoms with Gasteiger partial charge in [-0.15, -0.1) is 0 Å².